The standard InChI is InChI=1S/C4H10O2.C3H6O/c1-6-4-2-3-5;1-3(2)4/h5H,2-4H2,1H3;1-2H3. The van der Waals surface area contributed by atoms with E-state index in [9.17, 15) is 4.79 Å². The van der Waals surface area contributed by atoms with Gasteiger partial charge in [0.2, 0.25) is 0 Å². The Balaban J connectivity index is 0. The molecule has 1 N–H and O–H groups in total. The number of aliphatic hydroxyl groups is 1. The first-order chi connectivity index (χ1) is 4.65. The summed E-state index contributed by atoms with van der Waals surface area (Å²) in [6.45, 7) is 3.95. The van der Waals surface area contributed by atoms with E-state index in [-0.39, 0.29) is 12.4 Å². The summed E-state index contributed by atoms with van der Waals surface area (Å²) in [5, 5.41) is 8.12. The highest BCUT2D eigenvalue weighted by atomic mass is 16.5. The van der Waals surface area contributed by atoms with Gasteiger partial charge in [-0.2, -0.15) is 0 Å². The van der Waals surface area contributed by atoms with Gasteiger partial charge in [0.15, 0.2) is 0 Å². The number of ether oxygens (including phenoxy) is 1. The van der Waals surface area contributed by atoms with Gasteiger partial charge in [0.25, 0.3) is 0 Å². The second-order valence-corrected chi connectivity index (χ2v) is 1.98. The zero-order valence-electron chi connectivity index (χ0n) is 6.89. The molecule has 0 rings (SSSR count). The maximum atomic E-state index is 9.44. The summed E-state index contributed by atoms with van der Waals surface area (Å²) in [5.74, 6) is 0.167. The fourth-order valence-electron chi connectivity index (χ4n) is 0.209. The topological polar surface area (TPSA) is 46.5 Å². The lowest BCUT2D eigenvalue weighted by atomic mass is 10.5. The van der Waals surface area contributed by atoms with Crippen LogP contribution < -0.4 is 0 Å². The summed E-state index contributed by atoms with van der Waals surface area (Å²) in [6.07, 6.45) is 0.747. The van der Waals surface area contributed by atoms with Crippen molar-refractivity contribution in [2.45, 2.75) is 20.3 Å². The number of ketones is 1. The molecular weight excluding hydrogens is 132 g/mol. The molecule has 10 heavy (non-hydrogen) atoms. The van der Waals surface area contributed by atoms with Crippen LogP contribution >= 0.6 is 0 Å². The van der Waals surface area contributed by atoms with Crippen LogP contribution in [0.1, 0.15) is 20.3 Å². The van der Waals surface area contributed by atoms with Crippen molar-refractivity contribution in [3.8, 4) is 0 Å². The Labute approximate surface area is 62.0 Å². The molecule has 0 aliphatic heterocycles. The molecule has 0 saturated heterocycles. The molecule has 0 radical (unpaired) electrons. The first-order valence-electron chi connectivity index (χ1n) is 3.22. The van der Waals surface area contributed by atoms with E-state index in [2.05, 4.69) is 4.74 Å². The van der Waals surface area contributed by atoms with E-state index in [0.717, 1.165) is 6.42 Å². The van der Waals surface area contributed by atoms with Crippen LogP contribution in [0.5, 0.6) is 0 Å². The molecule has 3 heteroatoms. The second-order valence-electron chi connectivity index (χ2n) is 1.98. The van der Waals surface area contributed by atoms with Crippen molar-refractivity contribution >= 4 is 5.78 Å². The van der Waals surface area contributed by atoms with Crippen molar-refractivity contribution in [2.24, 2.45) is 0 Å². The molecule has 0 aromatic carbocycles. The minimum Gasteiger partial charge on any atom is -0.396 e. The van der Waals surface area contributed by atoms with Gasteiger partial charge in [-0.1, -0.05) is 0 Å². The van der Waals surface area contributed by atoms with Gasteiger partial charge in [-0.15, -0.1) is 0 Å². The molecule has 0 heterocycles. The monoisotopic (exact) mass is 148 g/mol. The second kappa shape index (κ2) is 11.4. The summed E-state index contributed by atoms with van der Waals surface area (Å²) in [4.78, 5) is 9.44. The van der Waals surface area contributed by atoms with Crippen molar-refractivity contribution < 1.29 is 14.6 Å². The van der Waals surface area contributed by atoms with Crippen LogP contribution in [0.3, 0.4) is 0 Å². The van der Waals surface area contributed by atoms with Crippen molar-refractivity contribution in [3.05, 3.63) is 0 Å². The zero-order chi connectivity index (χ0) is 8.41. The lowest BCUT2D eigenvalue weighted by Gasteiger charge is -1.89. The SMILES string of the molecule is CC(C)=O.COCCCO. The van der Waals surface area contributed by atoms with Crippen LogP contribution in [0.15, 0.2) is 0 Å². The third kappa shape index (κ3) is 49.1. The summed E-state index contributed by atoms with van der Waals surface area (Å²) in [7, 11) is 1.62. The van der Waals surface area contributed by atoms with Crippen LogP contribution in [-0.2, 0) is 9.53 Å². The van der Waals surface area contributed by atoms with Gasteiger partial charge >= 0.3 is 0 Å². The summed E-state index contributed by atoms with van der Waals surface area (Å²) < 4.78 is 4.62. The Morgan fingerprint density at radius 2 is 1.90 bits per heavy atom. The first-order valence-corrected chi connectivity index (χ1v) is 3.22. The summed E-state index contributed by atoms with van der Waals surface area (Å²) >= 11 is 0. The summed E-state index contributed by atoms with van der Waals surface area (Å²) in [6, 6.07) is 0. The maximum Gasteiger partial charge on any atom is 0.126 e. The van der Waals surface area contributed by atoms with Crippen molar-refractivity contribution in [1.29, 1.82) is 0 Å². The molecule has 0 spiro atoms. The van der Waals surface area contributed by atoms with E-state index in [1.807, 2.05) is 0 Å². The van der Waals surface area contributed by atoms with Gasteiger partial charge in [0, 0.05) is 20.3 Å². The predicted octanol–water partition coefficient (Wildman–Crippen LogP) is 0.611. The first kappa shape index (κ1) is 12.3. The number of hydrogen-bond donors (Lipinski definition) is 1. The molecule has 0 aliphatic carbocycles. The van der Waals surface area contributed by atoms with Crippen LogP contribution in [0, 0.1) is 0 Å². The molecule has 0 amide bonds. The molecule has 3 nitrogen and oxygen atoms in total. The molecule has 0 aromatic rings. The van der Waals surface area contributed by atoms with E-state index in [1.54, 1.807) is 7.11 Å². The highest BCUT2D eigenvalue weighted by molar-refractivity contribution is 5.72. The minimum absolute atomic E-state index is 0.167. The molecule has 0 bridgehead atoms. The highest BCUT2D eigenvalue weighted by Gasteiger charge is 1.75. The third-order valence-corrected chi connectivity index (χ3v) is 0.507. The van der Waals surface area contributed by atoms with Gasteiger partial charge in [-0.25, -0.2) is 0 Å². The predicted molar refractivity (Wildman–Crippen MR) is 39.9 cm³/mol. The normalized spacial score (nSPS) is 8.00. The van der Waals surface area contributed by atoms with E-state index in [4.69, 9.17) is 5.11 Å². The van der Waals surface area contributed by atoms with Crippen LogP contribution in [0.25, 0.3) is 0 Å². The number of hydrogen-bond acceptors (Lipinski definition) is 3. The lowest BCUT2D eigenvalue weighted by molar-refractivity contribution is -0.114. The van der Waals surface area contributed by atoms with Gasteiger partial charge < -0.3 is 14.6 Å². The van der Waals surface area contributed by atoms with Gasteiger partial charge in [0.05, 0.1) is 0 Å². The average molecular weight is 148 g/mol. The Morgan fingerprint density at radius 3 is 2.00 bits per heavy atom. The fraction of sp³-hybridized carbons (Fsp3) is 0.857. The Morgan fingerprint density at radius 1 is 1.50 bits per heavy atom. The van der Waals surface area contributed by atoms with E-state index in [1.165, 1.54) is 13.8 Å². The number of carbonyl (C=O) groups excluding carboxylic acids is 1. The molecule has 0 atom stereocenters. The minimum atomic E-state index is 0.167. The van der Waals surface area contributed by atoms with Crippen LogP contribution in [0.2, 0.25) is 0 Å². The van der Waals surface area contributed by atoms with Crippen LogP contribution in [-0.4, -0.2) is 31.2 Å². The Bertz CT molecular complexity index is 63.3. The van der Waals surface area contributed by atoms with E-state index < -0.39 is 0 Å². The molecule has 62 valence electrons. The quantitative estimate of drug-likeness (QED) is 0.596. The molecular formula is C7H16O3. The molecule has 0 saturated carbocycles. The Hall–Kier alpha value is -0.410. The van der Waals surface area contributed by atoms with Crippen molar-refractivity contribution in [3.63, 3.8) is 0 Å². The number of methoxy groups -OCH3 is 1. The number of Topliss-reactive ketones (excluding diaryl/α,β-unsaturated/α-hetero) is 1. The summed E-state index contributed by atoms with van der Waals surface area (Å²) in [5.41, 5.74) is 0. The van der Waals surface area contributed by atoms with Crippen molar-refractivity contribution in [1.82, 2.24) is 0 Å². The maximum absolute atomic E-state index is 9.44. The largest absolute Gasteiger partial charge is 0.396 e. The van der Waals surface area contributed by atoms with Crippen LogP contribution in [0.4, 0.5) is 0 Å². The van der Waals surface area contributed by atoms with Gasteiger partial charge in [0.1, 0.15) is 5.78 Å². The van der Waals surface area contributed by atoms with E-state index in [0.29, 0.717) is 6.61 Å². The number of carbonyl (C=O) groups is 1. The smallest absolute Gasteiger partial charge is 0.126 e. The molecule has 0 aliphatic rings. The Kier molecular flexibility index (Phi) is 14.0. The third-order valence-electron chi connectivity index (χ3n) is 0.507. The number of rotatable bonds is 3. The van der Waals surface area contributed by atoms with E-state index >= 15 is 0 Å². The highest BCUT2D eigenvalue weighted by Crippen LogP contribution is 1.72. The molecule has 0 aromatic heterocycles. The number of aliphatic hydroxyl groups excluding tert-OH is 1. The van der Waals surface area contributed by atoms with Gasteiger partial charge in [-0.05, 0) is 20.3 Å². The molecule has 0 unspecified atom stereocenters. The average Bonchev–Trinajstić information content (AvgIpc) is 1.82. The fourth-order valence-corrected chi connectivity index (χ4v) is 0.209. The van der Waals surface area contributed by atoms with Crippen molar-refractivity contribution in [2.75, 3.05) is 20.3 Å². The zero-order valence-corrected chi connectivity index (χ0v) is 6.89. The molecule has 0 fully saturated rings. The lowest BCUT2D eigenvalue weighted by Crippen LogP contribution is -1.90. The van der Waals surface area contributed by atoms with Gasteiger partial charge in [-0.3, -0.25) is 0 Å².